The maximum absolute atomic E-state index is 14.0. The van der Waals surface area contributed by atoms with E-state index in [0.29, 0.717) is 32.6 Å². The second kappa shape index (κ2) is 12.1. The fraction of sp³-hybridized carbons (Fsp3) is 0.219. The number of thioether (sulfide) groups is 1. The van der Waals surface area contributed by atoms with Crippen LogP contribution in [0.5, 0.6) is 5.75 Å². The summed E-state index contributed by atoms with van der Waals surface area (Å²) in [5, 5.41) is 2.47. The summed E-state index contributed by atoms with van der Waals surface area (Å²) in [5.74, 6) is -2.41. The van der Waals surface area contributed by atoms with Crippen molar-refractivity contribution in [2.24, 2.45) is 5.92 Å². The summed E-state index contributed by atoms with van der Waals surface area (Å²) in [5.41, 5.74) is 1.99. The van der Waals surface area contributed by atoms with Crippen molar-refractivity contribution in [3.63, 3.8) is 0 Å². The van der Waals surface area contributed by atoms with Gasteiger partial charge in [0.1, 0.15) is 17.5 Å². The second-order valence-corrected chi connectivity index (χ2v) is 12.3. The third-order valence-electron chi connectivity index (χ3n) is 7.52. The van der Waals surface area contributed by atoms with Gasteiger partial charge in [0, 0.05) is 16.5 Å². The third-order valence-corrected chi connectivity index (χ3v) is 10.1. The van der Waals surface area contributed by atoms with Gasteiger partial charge in [-0.3, -0.25) is 23.7 Å². The summed E-state index contributed by atoms with van der Waals surface area (Å²) in [7, 11) is 1.55. The van der Waals surface area contributed by atoms with Crippen LogP contribution in [0.3, 0.4) is 0 Å². The van der Waals surface area contributed by atoms with Crippen LogP contribution in [-0.4, -0.2) is 47.2 Å². The van der Waals surface area contributed by atoms with Gasteiger partial charge in [-0.05, 0) is 61.0 Å². The minimum Gasteiger partial charge on any atom is -0.497 e. The van der Waals surface area contributed by atoms with Crippen molar-refractivity contribution >= 4 is 58.2 Å². The van der Waals surface area contributed by atoms with Crippen LogP contribution >= 0.6 is 23.1 Å². The summed E-state index contributed by atoms with van der Waals surface area (Å²) >= 11 is 2.13. The molecule has 3 aromatic carbocycles. The first-order valence-corrected chi connectivity index (χ1v) is 15.5. The lowest BCUT2D eigenvalue weighted by Crippen LogP contribution is -2.33. The molecule has 0 saturated carbocycles. The molecule has 3 amide bonds. The number of ether oxygens (including phenoxy) is 2. The van der Waals surface area contributed by atoms with Crippen LogP contribution in [0.15, 0.2) is 88.7 Å². The van der Waals surface area contributed by atoms with Crippen molar-refractivity contribution in [3.8, 4) is 5.75 Å². The van der Waals surface area contributed by atoms with E-state index in [9.17, 15) is 24.0 Å². The molecule has 1 fully saturated rings. The molecule has 6 rings (SSSR count). The lowest BCUT2D eigenvalue weighted by molar-refractivity contribution is -0.122. The van der Waals surface area contributed by atoms with Gasteiger partial charge in [-0.25, -0.2) is 9.69 Å². The van der Waals surface area contributed by atoms with Gasteiger partial charge >= 0.3 is 10.8 Å². The maximum Gasteiger partial charge on any atom is 0.338 e. The standard InChI is InChI=1S/C32H27N3O7S2/c1-3-42-31(39)19-9-13-21(14-10-19)35-28(37)25-24(18-7-5-4-6-8-18)27-30(43-26(25)29(35)38)34(32(40)44-27)17-23(36)33-20-11-15-22(41-2)16-12-20/h4-16,24-26H,3,17H2,1-2H3,(H,33,36)/t24-,25?,26?/m0/s1. The number of carbonyl (C=O) groups is 4. The first-order chi connectivity index (χ1) is 21.3. The molecular formula is C32H27N3O7S2. The Hall–Kier alpha value is -4.68. The number of fused-ring (bicyclic) bond motifs is 2. The zero-order valence-electron chi connectivity index (χ0n) is 23.7. The van der Waals surface area contributed by atoms with Crippen LogP contribution < -0.4 is 19.8 Å². The second-order valence-electron chi connectivity index (χ2n) is 10.1. The van der Waals surface area contributed by atoms with E-state index in [2.05, 4.69) is 5.32 Å². The number of anilines is 2. The molecule has 0 aliphatic carbocycles. The predicted octanol–water partition coefficient (Wildman–Crippen LogP) is 4.53. The van der Waals surface area contributed by atoms with E-state index in [4.69, 9.17) is 9.47 Å². The zero-order chi connectivity index (χ0) is 31.0. The summed E-state index contributed by atoms with van der Waals surface area (Å²) in [6.07, 6.45) is 0. The Morgan fingerprint density at radius 3 is 2.27 bits per heavy atom. The minimum absolute atomic E-state index is 0.226. The van der Waals surface area contributed by atoms with Crippen LogP contribution in [0.4, 0.5) is 11.4 Å². The molecule has 1 saturated heterocycles. The number of rotatable bonds is 8. The van der Waals surface area contributed by atoms with Gasteiger partial charge in [0.05, 0.1) is 35.9 Å². The normalized spacial score (nSPS) is 18.9. The van der Waals surface area contributed by atoms with Crippen molar-refractivity contribution in [2.45, 2.75) is 29.7 Å². The molecule has 10 nitrogen and oxygen atoms in total. The molecular weight excluding hydrogens is 603 g/mol. The lowest BCUT2D eigenvalue weighted by Gasteiger charge is -2.30. The number of carbonyl (C=O) groups excluding carboxylic acids is 4. The van der Waals surface area contributed by atoms with Crippen LogP contribution in [0.25, 0.3) is 0 Å². The number of hydrogen-bond acceptors (Lipinski definition) is 9. The van der Waals surface area contributed by atoms with Gasteiger partial charge in [-0.15, -0.1) is 0 Å². The summed E-state index contributed by atoms with van der Waals surface area (Å²) in [4.78, 5) is 67.9. The van der Waals surface area contributed by atoms with Crippen molar-refractivity contribution in [1.29, 1.82) is 0 Å². The van der Waals surface area contributed by atoms with E-state index in [1.54, 1.807) is 50.4 Å². The van der Waals surface area contributed by atoms with E-state index in [-0.39, 0.29) is 23.9 Å². The Balaban J connectivity index is 1.34. The molecule has 0 radical (unpaired) electrons. The predicted molar refractivity (Wildman–Crippen MR) is 167 cm³/mol. The lowest BCUT2D eigenvalue weighted by atomic mass is 9.83. The highest BCUT2D eigenvalue weighted by Gasteiger charge is 2.56. The van der Waals surface area contributed by atoms with Gasteiger partial charge in [0.2, 0.25) is 17.7 Å². The number of benzene rings is 3. The topological polar surface area (TPSA) is 124 Å². The van der Waals surface area contributed by atoms with E-state index >= 15 is 0 Å². The first kappa shape index (κ1) is 29.4. The Morgan fingerprint density at radius 1 is 0.909 bits per heavy atom. The Bertz CT molecular complexity index is 1800. The molecule has 4 aromatic rings. The SMILES string of the molecule is CCOC(=O)c1ccc(N2C(=O)C3Sc4c(sc(=O)n4CC(=O)Nc4ccc(OC)cc4)[C@@H](c4ccccc4)C3C2=O)cc1. The third kappa shape index (κ3) is 5.31. The fourth-order valence-electron chi connectivity index (χ4n) is 5.51. The summed E-state index contributed by atoms with van der Waals surface area (Å²) in [6.45, 7) is 1.68. The highest BCUT2D eigenvalue weighted by molar-refractivity contribution is 8.00. The maximum atomic E-state index is 14.0. The van der Waals surface area contributed by atoms with E-state index in [1.165, 1.54) is 16.7 Å². The smallest absolute Gasteiger partial charge is 0.338 e. The highest BCUT2D eigenvalue weighted by Crippen LogP contribution is 2.53. The Morgan fingerprint density at radius 2 is 1.61 bits per heavy atom. The number of aromatic nitrogens is 1. The molecule has 0 bridgehead atoms. The number of imide groups is 1. The Labute approximate surface area is 260 Å². The molecule has 2 unspecified atom stereocenters. The monoisotopic (exact) mass is 629 g/mol. The highest BCUT2D eigenvalue weighted by atomic mass is 32.2. The molecule has 3 atom stereocenters. The quantitative estimate of drug-likeness (QED) is 0.223. The molecule has 12 heteroatoms. The molecule has 3 heterocycles. The van der Waals surface area contributed by atoms with E-state index in [0.717, 1.165) is 33.6 Å². The van der Waals surface area contributed by atoms with E-state index in [1.807, 2.05) is 30.3 Å². The number of hydrogen-bond donors (Lipinski definition) is 1. The largest absolute Gasteiger partial charge is 0.497 e. The number of nitrogens with one attached hydrogen (secondary N) is 1. The van der Waals surface area contributed by atoms with Gasteiger partial charge in [-0.2, -0.15) is 0 Å². The van der Waals surface area contributed by atoms with Crippen LogP contribution in [0.1, 0.15) is 33.6 Å². The molecule has 224 valence electrons. The van der Waals surface area contributed by atoms with Crippen molar-refractivity contribution in [3.05, 3.63) is 105 Å². The average Bonchev–Trinajstić information content (AvgIpc) is 3.48. The first-order valence-electron chi connectivity index (χ1n) is 13.8. The van der Waals surface area contributed by atoms with E-state index < -0.39 is 34.9 Å². The number of methoxy groups -OCH3 is 1. The zero-order valence-corrected chi connectivity index (χ0v) is 25.4. The molecule has 1 aromatic heterocycles. The van der Waals surface area contributed by atoms with Crippen LogP contribution in [-0.2, 0) is 25.7 Å². The fourth-order valence-corrected chi connectivity index (χ4v) is 8.28. The number of nitrogens with zero attached hydrogens (tertiary/aromatic N) is 2. The van der Waals surface area contributed by atoms with Crippen molar-refractivity contribution in [2.75, 3.05) is 23.9 Å². The van der Waals surface area contributed by atoms with Crippen LogP contribution in [0.2, 0.25) is 0 Å². The molecule has 2 aliphatic heterocycles. The number of esters is 1. The molecule has 1 N–H and O–H groups in total. The number of amides is 3. The van der Waals surface area contributed by atoms with Crippen LogP contribution in [0, 0.1) is 5.92 Å². The van der Waals surface area contributed by atoms with Gasteiger partial charge in [-0.1, -0.05) is 53.4 Å². The van der Waals surface area contributed by atoms with Crippen molar-refractivity contribution in [1.82, 2.24) is 4.57 Å². The van der Waals surface area contributed by atoms with Gasteiger partial charge < -0.3 is 14.8 Å². The number of thiazole rings is 1. The Kier molecular flexibility index (Phi) is 8.11. The minimum atomic E-state index is -0.824. The molecule has 2 aliphatic rings. The average molecular weight is 630 g/mol. The summed E-state index contributed by atoms with van der Waals surface area (Å²) < 4.78 is 11.6. The van der Waals surface area contributed by atoms with Gasteiger partial charge in [0.15, 0.2) is 0 Å². The van der Waals surface area contributed by atoms with Crippen molar-refractivity contribution < 1.29 is 28.7 Å². The summed E-state index contributed by atoms with van der Waals surface area (Å²) in [6, 6.07) is 22.3. The molecule has 44 heavy (non-hydrogen) atoms. The molecule has 0 spiro atoms. The van der Waals surface area contributed by atoms with Gasteiger partial charge in [0.25, 0.3) is 0 Å².